The molecule has 9 heteroatoms. The number of methoxy groups -OCH3 is 1. The molecule has 1 aliphatic rings. The van der Waals surface area contributed by atoms with E-state index in [9.17, 15) is 4.79 Å². The van der Waals surface area contributed by atoms with E-state index >= 15 is 0 Å². The van der Waals surface area contributed by atoms with Crippen LogP contribution in [0.5, 0.6) is 11.8 Å². The Kier molecular flexibility index (Phi) is 5.31. The molecule has 0 spiro atoms. The number of hydrogen-bond acceptors (Lipinski definition) is 7. The summed E-state index contributed by atoms with van der Waals surface area (Å²) in [6.45, 7) is 0. The van der Waals surface area contributed by atoms with Gasteiger partial charge in [-0.3, -0.25) is 9.48 Å². The summed E-state index contributed by atoms with van der Waals surface area (Å²) >= 11 is 0. The number of ether oxygens (including phenoxy) is 2. The highest BCUT2D eigenvalue weighted by Gasteiger charge is 2.26. The minimum Gasteiger partial charge on any atom is -0.479 e. The van der Waals surface area contributed by atoms with Crippen molar-refractivity contribution in [3.63, 3.8) is 0 Å². The number of carbonyl (C=O) groups is 1. The molecule has 0 atom stereocenters. The van der Waals surface area contributed by atoms with E-state index in [1.54, 1.807) is 17.9 Å². The summed E-state index contributed by atoms with van der Waals surface area (Å²) in [4.78, 5) is 20.4. The van der Waals surface area contributed by atoms with Gasteiger partial charge in [0.05, 0.1) is 7.11 Å². The van der Waals surface area contributed by atoms with Gasteiger partial charge in [-0.15, -0.1) is 5.10 Å². The van der Waals surface area contributed by atoms with Crippen molar-refractivity contribution in [2.75, 3.05) is 7.11 Å². The quantitative estimate of drug-likeness (QED) is 0.856. The zero-order valence-electron chi connectivity index (χ0n) is 14.7. The minimum absolute atomic E-state index is 0.0418. The lowest BCUT2D eigenvalue weighted by Crippen LogP contribution is -2.39. The zero-order valence-corrected chi connectivity index (χ0v) is 14.7. The van der Waals surface area contributed by atoms with Crippen molar-refractivity contribution < 1.29 is 14.3 Å². The summed E-state index contributed by atoms with van der Waals surface area (Å²) in [7, 11) is 3.23. The Morgan fingerprint density at radius 3 is 2.69 bits per heavy atom. The fourth-order valence-electron chi connectivity index (χ4n) is 3.01. The Balaban J connectivity index is 1.54. The highest BCUT2D eigenvalue weighted by atomic mass is 16.5. The molecular weight excluding hydrogens is 336 g/mol. The molecule has 26 heavy (non-hydrogen) atoms. The SMILES string of the molecule is COc1nn(C)cc1C(=O)NC1CCC(Oc2nccnc2C#N)CC1. The monoisotopic (exact) mass is 356 g/mol. The number of aryl methyl sites for hydroxylation is 1. The number of aromatic nitrogens is 4. The first-order valence-electron chi connectivity index (χ1n) is 8.37. The maximum Gasteiger partial charge on any atom is 0.258 e. The molecule has 1 fully saturated rings. The van der Waals surface area contributed by atoms with Crippen LogP contribution in [-0.2, 0) is 7.05 Å². The van der Waals surface area contributed by atoms with Crippen LogP contribution in [0.2, 0.25) is 0 Å². The molecule has 2 aromatic heterocycles. The number of carbonyl (C=O) groups excluding carboxylic acids is 1. The molecule has 3 rings (SSSR count). The van der Waals surface area contributed by atoms with Crippen LogP contribution in [0, 0.1) is 11.3 Å². The van der Waals surface area contributed by atoms with Gasteiger partial charge < -0.3 is 14.8 Å². The van der Waals surface area contributed by atoms with Gasteiger partial charge in [0.2, 0.25) is 11.6 Å². The number of rotatable bonds is 5. The van der Waals surface area contributed by atoms with Crippen molar-refractivity contribution in [1.29, 1.82) is 5.26 Å². The van der Waals surface area contributed by atoms with Gasteiger partial charge in [0, 0.05) is 31.7 Å². The van der Waals surface area contributed by atoms with Crippen LogP contribution in [-0.4, -0.2) is 44.9 Å². The van der Waals surface area contributed by atoms with E-state index in [0.717, 1.165) is 25.7 Å². The molecule has 2 heterocycles. The predicted octanol–water partition coefficient (Wildman–Crippen LogP) is 1.21. The van der Waals surface area contributed by atoms with Crippen LogP contribution >= 0.6 is 0 Å². The molecule has 0 radical (unpaired) electrons. The fourth-order valence-corrected chi connectivity index (χ4v) is 3.01. The second-order valence-corrected chi connectivity index (χ2v) is 6.11. The average Bonchev–Trinajstić information content (AvgIpc) is 3.05. The molecule has 0 aromatic carbocycles. The van der Waals surface area contributed by atoms with Crippen LogP contribution in [0.25, 0.3) is 0 Å². The van der Waals surface area contributed by atoms with E-state index < -0.39 is 0 Å². The van der Waals surface area contributed by atoms with Crippen LogP contribution in [0.15, 0.2) is 18.6 Å². The summed E-state index contributed by atoms with van der Waals surface area (Å²) in [6.07, 6.45) is 7.64. The first-order chi connectivity index (χ1) is 12.6. The molecule has 136 valence electrons. The summed E-state index contributed by atoms with van der Waals surface area (Å²) in [6, 6.07) is 2.04. The van der Waals surface area contributed by atoms with Gasteiger partial charge in [-0.05, 0) is 25.7 Å². The highest BCUT2D eigenvalue weighted by molar-refractivity contribution is 5.96. The van der Waals surface area contributed by atoms with Gasteiger partial charge in [-0.25, -0.2) is 9.97 Å². The molecule has 1 saturated carbocycles. The lowest BCUT2D eigenvalue weighted by molar-refractivity contribution is 0.0886. The van der Waals surface area contributed by atoms with Gasteiger partial charge >= 0.3 is 0 Å². The Morgan fingerprint density at radius 1 is 1.27 bits per heavy atom. The number of nitriles is 1. The van der Waals surface area contributed by atoms with Gasteiger partial charge in [0.25, 0.3) is 11.8 Å². The maximum absolute atomic E-state index is 12.4. The first-order valence-corrected chi connectivity index (χ1v) is 8.37. The van der Waals surface area contributed by atoms with E-state index in [2.05, 4.69) is 20.4 Å². The Bertz CT molecular complexity index is 820. The number of nitrogens with zero attached hydrogens (tertiary/aromatic N) is 5. The maximum atomic E-state index is 12.4. The lowest BCUT2D eigenvalue weighted by atomic mass is 9.92. The van der Waals surface area contributed by atoms with Gasteiger partial charge in [0.1, 0.15) is 17.7 Å². The van der Waals surface area contributed by atoms with Crippen molar-refractivity contribution >= 4 is 5.91 Å². The number of hydrogen-bond donors (Lipinski definition) is 1. The van der Waals surface area contributed by atoms with Crippen molar-refractivity contribution in [1.82, 2.24) is 25.1 Å². The van der Waals surface area contributed by atoms with Crippen molar-refractivity contribution in [2.24, 2.45) is 7.05 Å². The molecular formula is C17H20N6O3. The molecule has 0 bridgehead atoms. The van der Waals surface area contributed by atoms with Crippen molar-refractivity contribution in [3.05, 3.63) is 29.8 Å². The topological polar surface area (TPSA) is 115 Å². The van der Waals surface area contributed by atoms with Crippen LogP contribution < -0.4 is 14.8 Å². The Hall–Kier alpha value is -3.15. The summed E-state index contributed by atoms with van der Waals surface area (Å²) in [5.74, 6) is 0.385. The zero-order chi connectivity index (χ0) is 18.5. The third-order valence-corrected chi connectivity index (χ3v) is 4.29. The second-order valence-electron chi connectivity index (χ2n) is 6.11. The lowest BCUT2D eigenvalue weighted by Gasteiger charge is -2.29. The minimum atomic E-state index is -0.194. The second kappa shape index (κ2) is 7.82. The average molecular weight is 356 g/mol. The normalized spacial score (nSPS) is 19.4. The van der Waals surface area contributed by atoms with Gasteiger partial charge in [-0.2, -0.15) is 5.26 Å². The van der Waals surface area contributed by atoms with Crippen LogP contribution in [0.3, 0.4) is 0 Å². The fraction of sp³-hybridized carbons (Fsp3) is 0.471. The molecule has 1 amide bonds. The number of nitrogens with one attached hydrogen (secondary N) is 1. The van der Waals surface area contributed by atoms with E-state index in [-0.39, 0.29) is 29.6 Å². The van der Waals surface area contributed by atoms with E-state index in [4.69, 9.17) is 14.7 Å². The predicted molar refractivity (Wildman–Crippen MR) is 90.6 cm³/mol. The summed E-state index contributed by atoms with van der Waals surface area (Å²) in [5.41, 5.74) is 0.609. The Labute approximate surface area is 151 Å². The molecule has 9 nitrogen and oxygen atoms in total. The standard InChI is InChI=1S/C17H20N6O3/c1-23-10-13(16(22-23)25-2)15(24)21-11-3-5-12(6-4-11)26-17-14(9-18)19-7-8-20-17/h7-8,10-12H,3-6H2,1-2H3,(H,21,24). The molecule has 0 aliphatic heterocycles. The molecule has 0 unspecified atom stereocenters. The molecule has 1 N–H and O–H groups in total. The van der Waals surface area contributed by atoms with Gasteiger partial charge in [-0.1, -0.05) is 0 Å². The van der Waals surface area contributed by atoms with Crippen LogP contribution in [0.1, 0.15) is 41.7 Å². The first kappa shape index (κ1) is 17.7. The summed E-state index contributed by atoms with van der Waals surface area (Å²) < 4.78 is 12.5. The molecule has 0 saturated heterocycles. The van der Waals surface area contributed by atoms with Crippen molar-refractivity contribution in [2.45, 2.75) is 37.8 Å². The third kappa shape index (κ3) is 3.91. The van der Waals surface area contributed by atoms with Gasteiger partial charge in [0.15, 0.2) is 0 Å². The van der Waals surface area contributed by atoms with E-state index in [1.165, 1.54) is 19.5 Å². The van der Waals surface area contributed by atoms with E-state index in [1.807, 2.05) is 6.07 Å². The molecule has 1 aliphatic carbocycles. The largest absolute Gasteiger partial charge is 0.479 e. The highest BCUT2D eigenvalue weighted by Crippen LogP contribution is 2.24. The smallest absolute Gasteiger partial charge is 0.258 e. The Morgan fingerprint density at radius 2 is 2.00 bits per heavy atom. The molecule has 2 aromatic rings. The van der Waals surface area contributed by atoms with Crippen LogP contribution in [0.4, 0.5) is 0 Å². The third-order valence-electron chi connectivity index (χ3n) is 4.29. The summed E-state index contributed by atoms with van der Waals surface area (Å²) in [5, 5.41) is 16.2. The van der Waals surface area contributed by atoms with E-state index in [0.29, 0.717) is 11.4 Å². The number of amides is 1. The van der Waals surface area contributed by atoms with Crippen molar-refractivity contribution in [3.8, 4) is 17.8 Å².